The molecule has 1 N–H and O–H groups in total. The normalized spacial score (nSPS) is 10.8. The summed E-state index contributed by atoms with van der Waals surface area (Å²) >= 11 is 8.96. The van der Waals surface area contributed by atoms with E-state index in [-0.39, 0.29) is 11.7 Å². The molecule has 0 aliphatic rings. The molecule has 8 heteroatoms. The van der Waals surface area contributed by atoms with Crippen LogP contribution in [0.4, 0.5) is 0 Å². The fraction of sp³-hybridized carbons (Fsp3) is 0.0952. The summed E-state index contributed by atoms with van der Waals surface area (Å²) in [5.74, 6) is 0.944. The van der Waals surface area contributed by atoms with Gasteiger partial charge in [0, 0.05) is 17.3 Å². The fourth-order valence-corrected chi connectivity index (χ4v) is 4.46. The number of hydrogen-bond acceptors (Lipinski definition) is 5. The molecule has 2 aromatic carbocycles. The van der Waals surface area contributed by atoms with Gasteiger partial charge in [-0.3, -0.25) is 9.36 Å². The number of nitrogens with one attached hydrogen (secondary N) is 1. The lowest BCUT2D eigenvalue weighted by molar-refractivity contribution is -0.118. The van der Waals surface area contributed by atoms with Crippen LogP contribution in [0.3, 0.4) is 0 Å². The van der Waals surface area contributed by atoms with Gasteiger partial charge in [0.05, 0.1) is 10.6 Å². The predicted molar refractivity (Wildman–Crippen MR) is 119 cm³/mol. The standard InChI is InChI=1S/C21H17ClN4OS2/c22-16-7-4-6-15(12-16)13-23-19(27)14-29-21-25-24-20(18-10-5-11-28-18)26(21)17-8-2-1-3-9-17/h1-12H,13-14H2,(H,23,27). The van der Waals surface area contributed by atoms with Gasteiger partial charge in [-0.1, -0.05) is 59.8 Å². The maximum atomic E-state index is 12.3. The first-order chi connectivity index (χ1) is 14.2. The van der Waals surface area contributed by atoms with Crippen molar-refractivity contribution in [2.45, 2.75) is 11.7 Å². The van der Waals surface area contributed by atoms with E-state index in [9.17, 15) is 4.79 Å². The third-order valence-corrected chi connectivity index (χ3v) is 6.13. The number of rotatable bonds is 7. The molecule has 0 fully saturated rings. The Labute approximate surface area is 181 Å². The molecular formula is C21H17ClN4OS2. The number of halogens is 1. The second kappa shape index (κ2) is 9.26. The zero-order valence-electron chi connectivity index (χ0n) is 15.3. The summed E-state index contributed by atoms with van der Waals surface area (Å²) in [4.78, 5) is 13.4. The predicted octanol–water partition coefficient (Wildman–Crippen LogP) is 5.06. The topological polar surface area (TPSA) is 59.8 Å². The van der Waals surface area contributed by atoms with E-state index in [2.05, 4.69) is 15.5 Å². The SMILES string of the molecule is O=C(CSc1nnc(-c2cccs2)n1-c1ccccc1)NCc1cccc(Cl)c1. The number of benzene rings is 2. The molecule has 0 bridgehead atoms. The summed E-state index contributed by atoms with van der Waals surface area (Å²) in [6, 6.07) is 21.4. The van der Waals surface area contributed by atoms with Gasteiger partial charge >= 0.3 is 0 Å². The highest BCUT2D eigenvalue weighted by atomic mass is 35.5. The van der Waals surface area contributed by atoms with E-state index in [0.717, 1.165) is 22.0 Å². The van der Waals surface area contributed by atoms with Crippen molar-refractivity contribution < 1.29 is 4.79 Å². The van der Waals surface area contributed by atoms with Crippen LogP contribution in [0.1, 0.15) is 5.56 Å². The average molecular weight is 441 g/mol. The van der Waals surface area contributed by atoms with Crippen LogP contribution in [0.25, 0.3) is 16.4 Å². The van der Waals surface area contributed by atoms with Crippen molar-refractivity contribution in [1.29, 1.82) is 0 Å². The number of carbonyl (C=O) groups is 1. The van der Waals surface area contributed by atoms with Crippen molar-refractivity contribution in [3.8, 4) is 16.4 Å². The highest BCUT2D eigenvalue weighted by Crippen LogP contribution is 2.30. The van der Waals surface area contributed by atoms with Gasteiger partial charge in [0.2, 0.25) is 5.91 Å². The van der Waals surface area contributed by atoms with Crippen molar-refractivity contribution in [2.24, 2.45) is 0 Å². The van der Waals surface area contributed by atoms with Gasteiger partial charge in [-0.25, -0.2) is 0 Å². The largest absolute Gasteiger partial charge is 0.351 e. The average Bonchev–Trinajstić information content (AvgIpc) is 3.41. The summed E-state index contributed by atoms with van der Waals surface area (Å²) in [6.45, 7) is 0.436. The third kappa shape index (κ3) is 4.87. The molecule has 29 heavy (non-hydrogen) atoms. The summed E-state index contributed by atoms with van der Waals surface area (Å²) in [5, 5.41) is 15.0. The molecule has 1 amide bonds. The number of hydrogen-bond donors (Lipinski definition) is 1. The molecule has 0 saturated carbocycles. The first-order valence-electron chi connectivity index (χ1n) is 8.89. The van der Waals surface area contributed by atoms with Gasteiger partial charge in [0.15, 0.2) is 11.0 Å². The molecule has 4 rings (SSSR count). The Morgan fingerprint density at radius 2 is 1.93 bits per heavy atom. The summed E-state index contributed by atoms with van der Waals surface area (Å²) < 4.78 is 1.99. The zero-order valence-corrected chi connectivity index (χ0v) is 17.7. The first-order valence-corrected chi connectivity index (χ1v) is 11.1. The number of amides is 1. The second-order valence-electron chi connectivity index (χ2n) is 6.15. The maximum Gasteiger partial charge on any atom is 0.230 e. The lowest BCUT2D eigenvalue weighted by atomic mass is 10.2. The quantitative estimate of drug-likeness (QED) is 0.408. The Morgan fingerprint density at radius 1 is 1.07 bits per heavy atom. The van der Waals surface area contributed by atoms with E-state index in [4.69, 9.17) is 11.6 Å². The number of carbonyl (C=O) groups excluding carboxylic acids is 1. The van der Waals surface area contributed by atoms with Gasteiger partial charge in [0.25, 0.3) is 0 Å². The number of aromatic nitrogens is 3. The van der Waals surface area contributed by atoms with Crippen molar-refractivity contribution in [3.63, 3.8) is 0 Å². The molecule has 4 aromatic rings. The Hall–Kier alpha value is -2.61. The molecule has 0 aliphatic heterocycles. The van der Waals surface area contributed by atoms with E-state index in [1.807, 2.05) is 76.7 Å². The van der Waals surface area contributed by atoms with E-state index in [1.165, 1.54) is 11.8 Å². The van der Waals surface area contributed by atoms with Crippen LogP contribution in [-0.2, 0) is 11.3 Å². The number of para-hydroxylation sites is 1. The molecule has 0 aliphatic carbocycles. The van der Waals surface area contributed by atoms with Gasteiger partial charge in [0.1, 0.15) is 0 Å². The monoisotopic (exact) mass is 440 g/mol. The first kappa shape index (κ1) is 19.7. The van der Waals surface area contributed by atoms with Crippen LogP contribution in [0.5, 0.6) is 0 Å². The van der Waals surface area contributed by atoms with E-state index in [0.29, 0.717) is 16.7 Å². The smallest absolute Gasteiger partial charge is 0.230 e. The van der Waals surface area contributed by atoms with Crippen LogP contribution in [0, 0.1) is 0 Å². The molecule has 5 nitrogen and oxygen atoms in total. The third-order valence-electron chi connectivity index (χ3n) is 4.10. The fourth-order valence-electron chi connectivity index (χ4n) is 2.77. The Bertz CT molecular complexity index is 1100. The lowest BCUT2D eigenvalue weighted by Crippen LogP contribution is -2.24. The number of thiophene rings is 1. The Balaban J connectivity index is 1.48. The van der Waals surface area contributed by atoms with Gasteiger partial charge in [-0.2, -0.15) is 0 Å². The van der Waals surface area contributed by atoms with Gasteiger partial charge < -0.3 is 5.32 Å². The van der Waals surface area contributed by atoms with Crippen molar-refractivity contribution in [2.75, 3.05) is 5.75 Å². The van der Waals surface area contributed by atoms with Crippen molar-refractivity contribution >= 4 is 40.6 Å². The molecule has 0 unspecified atom stereocenters. The summed E-state index contributed by atoms with van der Waals surface area (Å²) in [5.41, 5.74) is 1.92. The number of nitrogens with zero attached hydrogens (tertiary/aromatic N) is 3. The minimum atomic E-state index is -0.0738. The number of thioether (sulfide) groups is 1. The van der Waals surface area contributed by atoms with Gasteiger partial charge in [-0.05, 0) is 41.3 Å². The van der Waals surface area contributed by atoms with Crippen LogP contribution < -0.4 is 5.32 Å². The Kier molecular flexibility index (Phi) is 6.29. The minimum Gasteiger partial charge on any atom is -0.351 e. The van der Waals surface area contributed by atoms with Crippen LogP contribution in [-0.4, -0.2) is 26.4 Å². The minimum absolute atomic E-state index is 0.0738. The highest BCUT2D eigenvalue weighted by molar-refractivity contribution is 7.99. The molecule has 2 aromatic heterocycles. The van der Waals surface area contributed by atoms with Crippen LogP contribution in [0.2, 0.25) is 5.02 Å². The van der Waals surface area contributed by atoms with E-state index < -0.39 is 0 Å². The van der Waals surface area contributed by atoms with Gasteiger partial charge in [-0.15, -0.1) is 21.5 Å². The molecule has 0 spiro atoms. The molecular weight excluding hydrogens is 424 g/mol. The van der Waals surface area contributed by atoms with Crippen LogP contribution in [0.15, 0.2) is 77.3 Å². The van der Waals surface area contributed by atoms with E-state index in [1.54, 1.807) is 11.3 Å². The molecule has 0 radical (unpaired) electrons. The second-order valence-corrected chi connectivity index (χ2v) is 8.48. The lowest BCUT2D eigenvalue weighted by Gasteiger charge is -2.09. The van der Waals surface area contributed by atoms with Crippen LogP contribution >= 0.6 is 34.7 Å². The maximum absolute atomic E-state index is 12.3. The van der Waals surface area contributed by atoms with Crippen molar-refractivity contribution in [3.05, 3.63) is 82.7 Å². The highest BCUT2D eigenvalue weighted by Gasteiger charge is 2.17. The Morgan fingerprint density at radius 3 is 2.69 bits per heavy atom. The molecule has 146 valence electrons. The summed E-state index contributed by atoms with van der Waals surface area (Å²) in [7, 11) is 0. The molecule has 0 atom stereocenters. The molecule has 0 saturated heterocycles. The van der Waals surface area contributed by atoms with E-state index >= 15 is 0 Å². The summed E-state index contributed by atoms with van der Waals surface area (Å²) in [6.07, 6.45) is 0. The zero-order chi connectivity index (χ0) is 20.1. The van der Waals surface area contributed by atoms with Crippen molar-refractivity contribution in [1.82, 2.24) is 20.1 Å². The molecule has 2 heterocycles.